The number of hydrogen-bond acceptors (Lipinski definition) is 6. The van der Waals surface area contributed by atoms with Gasteiger partial charge in [-0.25, -0.2) is 9.40 Å². The van der Waals surface area contributed by atoms with Crippen LogP contribution >= 0.6 is 11.3 Å². The smallest absolute Gasteiger partial charge is 0.262 e. The average Bonchev–Trinajstić information content (AvgIpc) is 3.41. The van der Waals surface area contributed by atoms with E-state index >= 15 is 0 Å². The Kier molecular flexibility index (Phi) is 7.67. The van der Waals surface area contributed by atoms with Gasteiger partial charge >= 0.3 is 0 Å². The Hall–Kier alpha value is -2.62. The van der Waals surface area contributed by atoms with Crippen LogP contribution in [-0.2, 0) is 19.1 Å². The molecule has 1 atom stereocenters. The molecule has 2 amide bonds. The minimum absolute atomic E-state index is 0.130. The Bertz CT molecular complexity index is 903. The van der Waals surface area contributed by atoms with E-state index in [-0.39, 0.29) is 43.4 Å². The maximum atomic E-state index is 14.3. The van der Waals surface area contributed by atoms with E-state index < -0.39 is 0 Å². The summed E-state index contributed by atoms with van der Waals surface area (Å²) in [4.78, 5) is 27.8. The topological polar surface area (TPSA) is 71.4 Å². The fourth-order valence-electron chi connectivity index (χ4n) is 3.24. The summed E-state index contributed by atoms with van der Waals surface area (Å²) in [5.41, 5.74) is 0.882. The van der Waals surface area contributed by atoms with Gasteiger partial charge in [0, 0.05) is 37.6 Å². The molecule has 0 spiro atoms. The molecule has 0 unspecified atom stereocenters. The van der Waals surface area contributed by atoms with Gasteiger partial charge in [-0.05, 0) is 17.5 Å². The van der Waals surface area contributed by atoms with Gasteiger partial charge in [-0.15, -0.1) is 11.3 Å². The van der Waals surface area contributed by atoms with E-state index in [2.05, 4.69) is 5.10 Å². The lowest BCUT2D eigenvalue weighted by atomic mass is 10.0. The van der Waals surface area contributed by atoms with E-state index in [9.17, 15) is 14.0 Å². The first-order chi connectivity index (χ1) is 14.5. The number of hydrazone groups is 1. The second-order valence-corrected chi connectivity index (χ2v) is 7.72. The largest absolute Gasteiger partial charge is 0.383 e. The summed E-state index contributed by atoms with van der Waals surface area (Å²) < 4.78 is 24.3. The molecule has 1 aliphatic rings. The van der Waals surface area contributed by atoms with Crippen LogP contribution in [-0.4, -0.2) is 68.0 Å². The van der Waals surface area contributed by atoms with E-state index in [1.165, 1.54) is 41.5 Å². The monoisotopic (exact) mass is 433 g/mol. The molecule has 0 N–H and O–H groups in total. The molecule has 1 aliphatic heterocycles. The molecule has 2 heterocycles. The first-order valence-corrected chi connectivity index (χ1v) is 10.4. The molecule has 9 heteroatoms. The molecule has 3 rings (SSSR count). The molecule has 30 heavy (non-hydrogen) atoms. The average molecular weight is 434 g/mol. The number of halogens is 1. The van der Waals surface area contributed by atoms with Crippen molar-refractivity contribution >= 4 is 28.9 Å². The second kappa shape index (κ2) is 10.4. The Morgan fingerprint density at radius 1 is 1.23 bits per heavy atom. The summed E-state index contributed by atoms with van der Waals surface area (Å²) in [6.07, 6.45) is 0.400. The van der Waals surface area contributed by atoms with Crippen molar-refractivity contribution in [2.24, 2.45) is 5.10 Å². The van der Waals surface area contributed by atoms with Gasteiger partial charge in [0.2, 0.25) is 5.91 Å². The van der Waals surface area contributed by atoms with Crippen molar-refractivity contribution < 1.29 is 23.5 Å². The van der Waals surface area contributed by atoms with Crippen molar-refractivity contribution in [2.75, 3.05) is 40.5 Å². The van der Waals surface area contributed by atoms with Crippen LogP contribution in [0.1, 0.15) is 22.9 Å². The van der Waals surface area contributed by atoms with Crippen molar-refractivity contribution in [3.8, 4) is 0 Å². The first kappa shape index (κ1) is 22.1. The summed E-state index contributed by atoms with van der Waals surface area (Å²) in [7, 11) is 2.95. The number of thiophene rings is 1. The van der Waals surface area contributed by atoms with Crippen LogP contribution < -0.4 is 0 Å². The maximum absolute atomic E-state index is 14.3. The summed E-state index contributed by atoms with van der Waals surface area (Å²) >= 11 is 1.51. The van der Waals surface area contributed by atoms with Crippen molar-refractivity contribution in [1.82, 2.24) is 9.91 Å². The summed E-state index contributed by atoms with van der Waals surface area (Å²) in [6.45, 7) is 0.253. The summed E-state index contributed by atoms with van der Waals surface area (Å²) in [6, 6.07) is 9.86. The number of ether oxygens (including phenoxy) is 2. The Morgan fingerprint density at radius 2 is 2.03 bits per heavy atom. The fourth-order valence-corrected chi connectivity index (χ4v) is 4.06. The number of amides is 2. The second-order valence-electron chi connectivity index (χ2n) is 6.74. The van der Waals surface area contributed by atoms with Gasteiger partial charge in [0.1, 0.15) is 19.0 Å². The van der Waals surface area contributed by atoms with Gasteiger partial charge in [-0.2, -0.15) is 5.10 Å². The number of nitrogens with zero attached hydrogens (tertiary/aromatic N) is 3. The van der Waals surface area contributed by atoms with E-state index in [0.29, 0.717) is 24.3 Å². The van der Waals surface area contributed by atoms with Gasteiger partial charge in [0.25, 0.3) is 5.91 Å². The molecule has 0 radical (unpaired) electrons. The Morgan fingerprint density at radius 3 is 2.70 bits per heavy atom. The van der Waals surface area contributed by atoms with Crippen molar-refractivity contribution in [3.05, 3.63) is 58.0 Å². The van der Waals surface area contributed by atoms with E-state index in [4.69, 9.17) is 9.47 Å². The molecule has 160 valence electrons. The third-order valence-corrected chi connectivity index (χ3v) is 5.71. The molecule has 0 saturated carbocycles. The molecule has 1 aromatic carbocycles. The summed E-state index contributed by atoms with van der Waals surface area (Å²) in [5, 5.41) is 7.75. The highest BCUT2D eigenvalue weighted by Crippen LogP contribution is 2.35. The normalized spacial score (nSPS) is 15.9. The molecule has 7 nitrogen and oxygen atoms in total. The minimum Gasteiger partial charge on any atom is -0.383 e. The van der Waals surface area contributed by atoms with Crippen LogP contribution in [0.25, 0.3) is 0 Å². The molecule has 2 aromatic rings. The summed E-state index contributed by atoms with van der Waals surface area (Å²) in [5.74, 6) is -1.04. The van der Waals surface area contributed by atoms with Crippen molar-refractivity contribution in [1.29, 1.82) is 0 Å². The van der Waals surface area contributed by atoms with E-state index in [1.54, 1.807) is 18.2 Å². The third kappa shape index (κ3) is 5.10. The van der Waals surface area contributed by atoms with Crippen LogP contribution in [0.2, 0.25) is 0 Å². The van der Waals surface area contributed by atoms with Gasteiger partial charge in [-0.1, -0.05) is 24.3 Å². The van der Waals surface area contributed by atoms with Crippen LogP contribution in [0, 0.1) is 5.82 Å². The standard InChI is InChI=1S/C21H24FN3O4S/c1-28-10-9-24(21(27)14-29-2)13-20(26)25-18(19-8-5-11-30-19)12-17(23-25)15-6-3-4-7-16(15)22/h3-8,11,18H,9-10,12-14H2,1-2H3/t18-/m1/s1. The third-order valence-electron chi connectivity index (χ3n) is 4.73. The number of hydrogen-bond donors (Lipinski definition) is 0. The van der Waals surface area contributed by atoms with E-state index in [0.717, 1.165) is 4.88 Å². The first-order valence-electron chi connectivity index (χ1n) is 9.48. The number of benzene rings is 1. The predicted molar refractivity (Wildman–Crippen MR) is 112 cm³/mol. The fraction of sp³-hybridized carbons (Fsp3) is 0.381. The predicted octanol–water partition coefficient (Wildman–Crippen LogP) is 2.69. The lowest BCUT2D eigenvalue weighted by Gasteiger charge is -2.26. The van der Waals surface area contributed by atoms with Gasteiger partial charge in [-0.3, -0.25) is 9.59 Å². The molecule has 1 aromatic heterocycles. The zero-order valence-electron chi connectivity index (χ0n) is 16.9. The van der Waals surface area contributed by atoms with Crippen LogP contribution in [0.5, 0.6) is 0 Å². The molecular weight excluding hydrogens is 409 g/mol. The molecule has 0 fully saturated rings. The number of rotatable bonds is 9. The van der Waals surface area contributed by atoms with E-state index in [1.807, 2.05) is 17.5 Å². The van der Waals surface area contributed by atoms with Gasteiger partial charge in [0.15, 0.2) is 0 Å². The molecule has 0 bridgehead atoms. The van der Waals surface area contributed by atoms with Gasteiger partial charge in [0.05, 0.1) is 18.4 Å². The number of carbonyl (C=O) groups excluding carboxylic acids is 2. The SMILES string of the molecule is COCCN(CC(=O)N1N=C(c2ccccc2F)C[C@@H]1c1cccs1)C(=O)COC. The zero-order chi connectivity index (χ0) is 21.5. The molecular formula is C21H24FN3O4S. The molecule has 0 aliphatic carbocycles. The van der Waals surface area contributed by atoms with Crippen molar-refractivity contribution in [3.63, 3.8) is 0 Å². The Balaban J connectivity index is 1.85. The van der Waals surface area contributed by atoms with Crippen LogP contribution in [0.15, 0.2) is 46.9 Å². The lowest BCUT2D eigenvalue weighted by molar-refractivity contribution is -0.144. The van der Waals surface area contributed by atoms with Crippen molar-refractivity contribution in [2.45, 2.75) is 12.5 Å². The number of carbonyl (C=O) groups is 2. The van der Waals surface area contributed by atoms with Crippen LogP contribution in [0.4, 0.5) is 4.39 Å². The van der Waals surface area contributed by atoms with Crippen LogP contribution in [0.3, 0.4) is 0 Å². The number of methoxy groups -OCH3 is 2. The molecule has 0 saturated heterocycles. The highest BCUT2D eigenvalue weighted by atomic mass is 32.1. The van der Waals surface area contributed by atoms with Gasteiger partial charge < -0.3 is 14.4 Å². The quantitative estimate of drug-likeness (QED) is 0.610. The Labute approximate surface area is 178 Å². The highest BCUT2D eigenvalue weighted by Gasteiger charge is 2.35. The zero-order valence-corrected chi connectivity index (χ0v) is 17.7. The maximum Gasteiger partial charge on any atom is 0.262 e. The lowest BCUT2D eigenvalue weighted by Crippen LogP contribution is -2.44. The minimum atomic E-state index is -0.382. The highest BCUT2D eigenvalue weighted by molar-refractivity contribution is 7.10.